The summed E-state index contributed by atoms with van der Waals surface area (Å²) in [6.45, 7) is 1.88. The van der Waals surface area contributed by atoms with E-state index in [1.165, 1.54) is 0 Å². The smallest absolute Gasteiger partial charge is 0.295 e. The molecule has 1 atom stereocenters. The summed E-state index contributed by atoms with van der Waals surface area (Å²) >= 11 is 0. The number of hydrogen-bond donors (Lipinski definition) is 2. The third-order valence-corrected chi connectivity index (χ3v) is 5.16. The van der Waals surface area contributed by atoms with Gasteiger partial charge in [-0.2, -0.15) is 0 Å². The largest absolute Gasteiger partial charge is 0.364 e. The molecule has 1 aliphatic carbocycles. The maximum atomic E-state index is 13.2. The van der Waals surface area contributed by atoms with Crippen LogP contribution in [-0.2, 0) is 11.8 Å². The van der Waals surface area contributed by atoms with Gasteiger partial charge in [0.1, 0.15) is 11.7 Å². The second kappa shape index (κ2) is 7.38. The van der Waals surface area contributed by atoms with Crippen molar-refractivity contribution in [3.05, 3.63) is 82.3 Å². The normalized spacial score (nSPS) is 14.5. The molecule has 28 heavy (non-hydrogen) atoms. The zero-order valence-corrected chi connectivity index (χ0v) is 16.1. The van der Waals surface area contributed by atoms with Crippen LogP contribution in [0.4, 0.5) is 5.69 Å². The Kier molecular flexibility index (Phi) is 4.77. The Hall–Kier alpha value is -3.28. The van der Waals surface area contributed by atoms with E-state index in [4.69, 9.17) is 0 Å². The Morgan fingerprint density at radius 1 is 1.04 bits per heavy atom. The Labute approximate surface area is 163 Å². The van der Waals surface area contributed by atoms with Crippen LogP contribution in [0.15, 0.2) is 65.5 Å². The molecule has 0 unspecified atom stereocenters. The summed E-state index contributed by atoms with van der Waals surface area (Å²) in [6, 6.07) is 18.6. The first-order chi connectivity index (χ1) is 13.6. The van der Waals surface area contributed by atoms with Gasteiger partial charge in [0.15, 0.2) is 0 Å². The maximum Gasteiger partial charge on any atom is 0.295 e. The molecule has 0 aliphatic heterocycles. The predicted octanol–water partition coefficient (Wildman–Crippen LogP) is 2.92. The fourth-order valence-corrected chi connectivity index (χ4v) is 3.34. The lowest BCUT2D eigenvalue weighted by molar-refractivity contribution is -0.122. The summed E-state index contributed by atoms with van der Waals surface area (Å²) in [7, 11) is 1.84. The Bertz CT molecular complexity index is 1030. The zero-order chi connectivity index (χ0) is 19.7. The van der Waals surface area contributed by atoms with E-state index in [0.29, 0.717) is 5.69 Å². The Morgan fingerprint density at radius 2 is 1.64 bits per heavy atom. The van der Waals surface area contributed by atoms with Gasteiger partial charge >= 0.3 is 0 Å². The lowest BCUT2D eigenvalue weighted by Gasteiger charge is -2.19. The van der Waals surface area contributed by atoms with E-state index >= 15 is 0 Å². The molecule has 4 rings (SSSR count). The van der Waals surface area contributed by atoms with Crippen molar-refractivity contribution in [3.63, 3.8) is 0 Å². The van der Waals surface area contributed by atoms with Gasteiger partial charge in [0.2, 0.25) is 5.91 Å². The summed E-state index contributed by atoms with van der Waals surface area (Å²) in [5.74, 6) is -0.109. The average Bonchev–Trinajstić information content (AvgIpc) is 3.50. The first-order valence-corrected chi connectivity index (χ1v) is 9.52. The van der Waals surface area contributed by atoms with Crippen LogP contribution in [-0.4, -0.2) is 21.3 Å². The molecular formula is C22H24N4O2. The lowest BCUT2D eigenvalue weighted by atomic mass is 10.1. The molecule has 1 fully saturated rings. The molecule has 0 spiro atoms. The number of rotatable bonds is 6. The molecule has 0 saturated heterocycles. The van der Waals surface area contributed by atoms with Crippen LogP contribution in [0.2, 0.25) is 0 Å². The number of aromatic nitrogens is 2. The van der Waals surface area contributed by atoms with Gasteiger partial charge in [0.05, 0.1) is 11.4 Å². The number of hydrogen-bond acceptors (Lipinski definition) is 3. The molecule has 6 heteroatoms. The van der Waals surface area contributed by atoms with Gasteiger partial charge in [-0.3, -0.25) is 14.3 Å². The first-order valence-electron chi connectivity index (χ1n) is 9.52. The number of benzene rings is 2. The third kappa shape index (κ3) is 3.45. The topological polar surface area (TPSA) is 68.1 Å². The Morgan fingerprint density at radius 3 is 2.25 bits per heavy atom. The highest BCUT2D eigenvalue weighted by molar-refractivity contribution is 5.86. The molecule has 1 saturated carbocycles. The minimum absolute atomic E-state index is 0.109. The molecule has 144 valence electrons. The van der Waals surface area contributed by atoms with Gasteiger partial charge in [-0.1, -0.05) is 48.5 Å². The number of nitrogens with one attached hydrogen (secondary N) is 2. The number of carbonyl (C=O) groups is 1. The molecule has 1 heterocycles. The molecule has 1 amide bonds. The number of anilines is 1. The van der Waals surface area contributed by atoms with Crippen LogP contribution in [0.3, 0.4) is 0 Å². The van der Waals surface area contributed by atoms with Crippen LogP contribution in [0.5, 0.6) is 0 Å². The predicted molar refractivity (Wildman–Crippen MR) is 110 cm³/mol. The standard InChI is InChI=1S/C22H24N4O2/c1-15-19(22(28)26(25(15)2)18-11-7-4-8-12-18)24-20(16-9-5-3-6-10-16)21(27)23-17-13-14-17/h3-12,17,20,24H,13-14H2,1-2H3,(H,23,27)/t20-/m0/s1. The maximum absolute atomic E-state index is 13.2. The quantitative estimate of drug-likeness (QED) is 0.695. The first kappa shape index (κ1) is 18.1. The molecule has 6 nitrogen and oxygen atoms in total. The highest BCUT2D eigenvalue weighted by Gasteiger charge is 2.30. The van der Waals surface area contributed by atoms with E-state index in [1.807, 2.05) is 74.6 Å². The summed E-state index contributed by atoms with van der Waals surface area (Å²) in [4.78, 5) is 26.1. The van der Waals surface area contributed by atoms with Crippen molar-refractivity contribution >= 4 is 11.6 Å². The van der Waals surface area contributed by atoms with Gasteiger partial charge in [-0.05, 0) is 37.5 Å². The van der Waals surface area contributed by atoms with Crippen molar-refractivity contribution in [3.8, 4) is 5.69 Å². The molecule has 1 aliphatic rings. The van der Waals surface area contributed by atoms with E-state index in [2.05, 4.69) is 10.6 Å². The molecule has 2 N–H and O–H groups in total. The van der Waals surface area contributed by atoms with E-state index < -0.39 is 6.04 Å². The van der Waals surface area contributed by atoms with Gasteiger partial charge in [0.25, 0.3) is 5.56 Å². The van der Waals surface area contributed by atoms with Crippen LogP contribution in [0, 0.1) is 6.92 Å². The number of amides is 1. The van der Waals surface area contributed by atoms with Crippen molar-refractivity contribution < 1.29 is 4.79 Å². The van der Waals surface area contributed by atoms with Crippen LogP contribution in [0.25, 0.3) is 5.69 Å². The minimum atomic E-state index is -0.625. The number of para-hydroxylation sites is 1. The molecule has 0 bridgehead atoms. The average molecular weight is 376 g/mol. The van der Waals surface area contributed by atoms with Gasteiger partial charge in [-0.25, -0.2) is 4.68 Å². The molecule has 3 aromatic rings. The van der Waals surface area contributed by atoms with Crippen LogP contribution in [0.1, 0.15) is 30.1 Å². The van der Waals surface area contributed by atoms with E-state index in [1.54, 1.807) is 9.36 Å². The second-order valence-corrected chi connectivity index (χ2v) is 7.21. The van der Waals surface area contributed by atoms with Crippen molar-refractivity contribution in [2.24, 2.45) is 7.05 Å². The molecule has 0 radical (unpaired) electrons. The summed E-state index contributed by atoms with van der Waals surface area (Å²) < 4.78 is 3.42. The van der Waals surface area contributed by atoms with Crippen molar-refractivity contribution in [2.75, 3.05) is 5.32 Å². The number of carbonyl (C=O) groups excluding carboxylic acids is 1. The van der Waals surface area contributed by atoms with Crippen molar-refractivity contribution in [1.29, 1.82) is 0 Å². The van der Waals surface area contributed by atoms with Crippen LogP contribution >= 0.6 is 0 Å². The molecule has 1 aromatic heterocycles. The fourth-order valence-electron chi connectivity index (χ4n) is 3.34. The fraction of sp³-hybridized carbons (Fsp3) is 0.273. The Balaban J connectivity index is 1.73. The van der Waals surface area contributed by atoms with Crippen LogP contribution < -0.4 is 16.2 Å². The van der Waals surface area contributed by atoms with E-state index in [9.17, 15) is 9.59 Å². The third-order valence-electron chi connectivity index (χ3n) is 5.16. The van der Waals surface area contributed by atoms with Crippen molar-refractivity contribution in [2.45, 2.75) is 31.8 Å². The van der Waals surface area contributed by atoms with E-state index in [0.717, 1.165) is 29.8 Å². The number of nitrogens with zero attached hydrogens (tertiary/aromatic N) is 2. The highest BCUT2D eigenvalue weighted by Crippen LogP contribution is 2.24. The SMILES string of the molecule is Cc1c(N[C@H](C(=O)NC2CC2)c2ccccc2)c(=O)n(-c2ccccc2)n1C. The highest BCUT2D eigenvalue weighted by atomic mass is 16.2. The zero-order valence-electron chi connectivity index (χ0n) is 16.1. The summed E-state index contributed by atoms with van der Waals surface area (Å²) in [5.41, 5.74) is 2.64. The van der Waals surface area contributed by atoms with Crippen molar-refractivity contribution in [1.82, 2.24) is 14.7 Å². The minimum Gasteiger partial charge on any atom is -0.364 e. The van der Waals surface area contributed by atoms with E-state index in [-0.39, 0.29) is 17.5 Å². The molecular weight excluding hydrogens is 352 g/mol. The summed E-state index contributed by atoms with van der Waals surface area (Å²) in [6.07, 6.45) is 2.02. The van der Waals surface area contributed by atoms with Gasteiger partial charge < -0.3 is 10.6 Å². The molecule has 2 aromatic carbocycles. The summed E-state index contributed by atoms with van der Waals surface area (Å²) in [5, 5.41) is 6.28. The van der Waals surface area contributed by atoms with Gasteiger partial charge in [-0.15, -0.1) is 0 Å². The second-order valence-electron chi connectivity index (χ2n) is 7.21. The monoisotopic (exact) mass is 376 g/mol. The lowest BCUT2D eigenvalue weighted by Crippen LogP contribution is -2.36. The van der Waals surface area contributed by atoms with Gasteiger partial charge in [0, 0.05) is 13.1 Å².